The number of hydrogen-bond acceptors (Lipinski definition) is 7. The van der Waals surface area contributed by atoms with Crippen molar-refractivity contribution >= 4 is 17.0 Å². The molecule has 0 bridgehead atoms. The van der Waals surface area contributed by atoms with Gasteiger partial charge in [0.2, 0.25) is 5.88 Å². The molecular weight excluding hydrogens is 594 g/mol. The lowest BCUT2D eigenvalue weighted by Gasteiger charge is -2.28. The Labute approximate surface area is 263 Å². The van der Waals surface area contributed by atoms with Gasteiger partial charge in [-0.3, -0.25) is 0 Å². The number of carboxylic acid groups (broad SMARTS) is 1. The van der Waals surface area contributed by atoms with Crippen molar-refractivity contribution in [2.75, 3.05) is 20.3 Å². The van der Waals surface area contributed by atoms with E-state index in [1.807, 2.05) is 18.4 Å². The van der Waals surface area contributed by atoms with Crippen molar-refractivity contribution in [1.82, 2.24) is 14.5 Å². The smallest absolute Gasteiger partial charge is 0.335 e. The average molecular weight is 625 g/mol. The molecule has 1 fully saturated rings. The van der Waals surface area contributed by atoms with Gasteiger partial charge < -0.3 is 23.9 Å². The number of aromatic carboxylic acids is 1. The number of nitrogens with zero attached hydrogens (tertiary/aromatic N) is 4. The van der Waals surface area contributed by atoms with Gasteiger partial charge in [-0.1, -0.05) is 26.0 Å². The summed E-state index contributed by atoms with van der Waals surface area (Å²) in [5, 5.41) is 18.7. The second-order valence-electron chi connectivity index (χ2n) is 11.8. The Kier molecular flexibility index (Phi) is 8.15. The number of imidazole rings is 1. The van der Waals surface area contributed by atoms with Gasteiger partial charge in [-0.25, -0.2) is 23.5 Å². The Bertz CT molecular complexity index is 2020. The Morgan fingerprint density at radius 1 is 1.09 bits per heavy atom. The van der Waals surface area contributed by atoms with Crippen LogP contribution >= 0.6 is 0 Å². The van der Waals surface area contributed by atoms with Crippen molar-refractivity contribution in [2.45, 2.75) is 32.9 Å². The van der Waals surface area contributed by atoms with Crippen LogP contribution in [0.15, 0.2) is 66.7 Å². The molecule has 1 saturated heterocycles. The van der Waals surface area contributed by atoms with E-state index in [4.69, 9.17) is 24.5 Å². The third-order valence-electron chi connectivity index (χ3n) is 8.25. The molecule has 1 aliphatic rings. The third kappa shape index (κ3) is 5.87. The quantitative estimate of drug-likeness (QED) is 0.192. The minimum atomic E-state index is -1.07. The lowest BCUT2D eigenvalue weighted by atomic mass is 9.87. The van der Waals surface area contributed by atoms with Crippen LogP contribution < -0.4 is 9.47 Å². The maximum absolute atomic E-state index is 15.7. The Morgan fingerprint density at radius 3 is 2.63 bits per heavy atom. The molecule has 2 aromatic heterocycles. The topological polar surface area (TPSA) is 119 Å². The molecule has 0 spiro atoms. The van der Waals surface area contributed by atoms with Crippen LogP contribution in [0.2, 0.25) is 0 Å². The SMILES string of the molecule is COc1cc(C#N)ccc1COc1cccc(-c2cc(F)c(Cc3nc4ccc(C(=O)O)cc4n3[C@@H]3COCC3(C)C)cc2F)n1. The van der Waals surface area contributed by atoms with E-state index in [2.05, 4.69) is 11.1 Å². The molecule has 0 unspecified atom stereocenters. The fraction of sp³-hybridized carbons (Fsp3) is 0.257. The predicted octanol–water partition coefficient (Wildman–Crippen LogP) is 6.72. The van der Waals surface area contributed by atoms with E-state index in [1.54, 1.807) is 48.5 Å². The Balaban J connectivity index is 1.30. The normalized spacial score (nSPS) is 15.5. The molecule has 3 aromatic carbocycles. The zero-order chi connectivity index (χ0) is 32.6. The first-order valence-corrected chi connectivity index (χ1v) is 14.5. The summed E-state index contributed by atoms with van der Waals surface area (Å²) < 4.78 is 50.2. The van der Waals surface area contributed by atoms with Crippen LogP contribution in [0.25, 0.3) is 22.3 Å². The van der Waals surface area contributed by atoms with Crippen LogP contribution in [0.1, 0.15) is 52.8 Å². The molecule has 1 atom stereocenters. The number of fused-ring (bicyclic) bond motifs is 1. The molecule has 46 heavy (non-hydrogen) atoms. The molecule has 11 heteroatoms. The van der Waals surface area contributed by atoms with Gasteiger partial charge in [-0.2, -0.15) is 5.26 Å². The number of benzene rings is 3. The van der Waals surface area contributed by atoms with Crippen LogP contribution in [0.5, 0.6) is 11.6 Å². The number of hydrogen-bond donors (Lipinski definition) is 1. The van der Waals surface area contributed by atoms with E-state index in [0.29, 0.717) is 46.9 Å². The summed E-state index contributed by atoms with van der Waals surface area (Å²) in [6.07, 6.45) is -0.0320. The number of ether oxygens (including phenoxy) is 3. The summed E-state index contributed by atoms with van der Waals surface area (Å²) in [6.45, 7) is 5.04. The summed E-state index contributed by atoms with van der Waals surface area (Å²) in [6, 6.07) is 18.6. The number of aromatic nitrogens is 3. The second kappa shape index (κ2) is 12.2. The van der Waals surface area contributed by atoms with Gasteiger partial charge in [0.15, 0.2) is 0 Å². The van der Waals surface area contributed by atoms with Gasteiger partial charge in [0.1, 0.15) is 29.8 Å². The number of methoxy groups -OCH3 is 1. The molecule has 0 saturated carbocycles. The fourth-order valence-electron chi connectivity index (χ4n) is 5.75. The molecule has 234 valence electrons. The van der Waals surface area contributed by atoms with E-state index in [0.717, 1.165) is 12.1 Å². The second-order valence-corrected chi connectivity index (χ2v) is 11.8. The molecule has 5 aromatic rings. The van der Waals surface area contributed by atoms with Crippen molar-refractivity contribution in [3.05, 3.63) is 106 Å². The minimum Gasteiger partial charge on any atom is -0.496 e. The zero-order valence-electron chi connectivity index (χ0n) is 25.4. The minimum absolute atomic E-state index is 0.0320. The average Bonchev–Trinajstić information content (AvgIpc) is 3.58. The predicted molar refractivity (Wildman–Crippen MR) is 165 cm³/mol. The van der Waals surface area contributed by atoms with Gasteiger partial charge >= 0.3 is 5.97 Å². The summed E-state index contributed by atoms with van der Waals surface area (Å²) in [7, 11) is 1.49. The molecule has 9 nitrogen and oxygen atoms in total. The number of carbonyl (C=O) groups is 1. The molecule has 1 N–H and O–H groups in total. The van der Waals surface area contributed by atoms with Gasteiger partial charge in [0.25, 0.3) is 0 Å². The molecule has 3 heterocycles. The van der Waals surface area contributed by atoms with Crippen molar-refractivity contribution in [3.63, 3.8) is 0 Å². The highest BCUT2D eigenvalue weighted by atomic mass is 19.1. The summed E-state index contributed by atoms with van der Waals surface area (Å²) in [5.41, 5.74) is 2.32. The van der Waals surface area contributed by atoms with Crippen LogP contribution in [-0.2, 0) is 17.8 Å². The van der Waals surface area contributed by atoms with E-state index in [1.165, 1.54) is 13.2 Å². The number of rotatable bonds is 9. The molecule has 1 aliphatic heterocycles. The molecule has 0 amide bonds. The highest BCUT2D eigenvalue weighted by molar-refractivity contribution is 5.92. The lowest BCUT2D eigenvalue weighted by Crippen LogP contribution is -2.27. The van der Waals surface area contributed by atoms with Gasteiger partial charge in [0, 0.05) is 29.0 Å². The number of pyridine rings is 1. The zero-order valence-corrected chi connectivity index (χ0v) is 25.4. The van der Waals surface area contributed by atoms with Crippen LogP contribution in [0.4, 0.5) is 8.78 Å². The van der Waals surface area contributed by atoms with Crippen molar-refractivity contribution in [1.29, 1.82) is 5.26 Å². The number of halogens is 2. The lowest BCUT2D eigenvalue weighted by molar-refractivity contribution is 0.0697. The maximum Gasteiger partial charge on any atom is 0.335 e. The maximum atomic E-state index is 15.7. The third-order valence-corrected chi connectivity index (χ3v) is 8.25. The highest BCUT2D eigenvalue weighted by Crippen LogP contribution is 2.40. The molecule has 0 radical (unpaired) electrons. The van der Waals surface area contributed by atoms with Gasteiger partial charge in [-0.05, 0) is 54.1 Å². The van der Waals surface area contributed by atoms with Gasteiger partial charge in [0.05, 0.1) is 60.3 Å². The van der Waals surface area contributed by atoms with Crippen molar-refractivity contribution in [2.24, 2.45) is 5.41 Å². The fourth-order valence-corrected chi connectivity index (χ4v) is 5.75. The Hall–Kier alpha value is -5.34. The standard InChI is InChI=1S/C35H30F2N4O5/c1-35(2)19-45-18-31(35)41-29-13-21(34(42)43)9-10-28(29)39-32(41)14-23-12-26(37)24(15-25(23)36)27-5-4-6-33(40-27)46-17-22-8-7-20(16-38)11-30(22)44-3/h4-13,15,31H,14,17-19H2,1-3H3,(H,42,43)/t31-/m1/s1. The van der Waals surface area contributed by atoms with Crippen LogP contribution in [0, 0.1) is 28.4 Å². The summed E-state index contributed by atoms with van der Waals surface area (Å²) in [4.78, 5) is 20.8. The first-order valence-electron chi connectivity index (χ1n) is 14.5. The summed E-state index contributed by atoms with van der Waals surface area (Å²) in [5.74, 6) is -1.23. The number of nitriles is 1. The van der Waals surface area contributed by atoms with Crippen molar-refractivity contribution in [3.8, 4) is 29.0 Å². The van der Waals surface area contributed by atoms with E-state index < -0.39 is 17.6 Å². The first-order chi connectivity index (χ1) is 22.1. The largest absolute Gasteiger partial charge is 0.496 e. The molecule has 6 rings (SSSR count). The molecule has 0 aliphatic carbocycles. The van der Waals surface area contributed by atoms with E-state index >= 15 is 8.78 Å². The van der Waals surface area contributed by atoms with E-state index in [9.17, 15) is 9.90 Å². The monoisotopic (exact) mass is 624 g/mol. The number of carboxylic acids is 1. The Morgan fingerprint density at radius 2 is 1.91 bits per heavy atom. The van der Waals surface area contributed by atoms with Crippen LogP contribution in [0.3, 0.4) is 0 Å². The highest BCUT2D eigenvalue weighted by Gasteiger charge is 2.39. The molecular formula is C35H30F2N4O5. The van der Waals surface area contributed by atoms with Gasteiger partial charge in [-0.15, -0.1) is 0 Å². The van der Waals surface area contributed by atoms with Crippen molar-refractivity contribution < 1.29 is 32.9 Å². The van der Waals surface area contributed by atoms with Crippen LogP contribution in [-0.4, -0.2) is 45.9 Å². The van der Waals surface area contributed by atoms with E-state index in [-0.39, 0.29) is 52.7 Å². The summed E-state index contributed by atoms with van der Waals surface area (Å²) >= 11 is 0. The first kappa shape index (κ1) is 30.7.